The summed E-state index contributed by atoms with van der Waals surface area (Å²) in [5.74, 6) is 0. The van der Waals surface area contributed by atoms with E-state index in [1.807, 2.05) is 18.3 Å². The third-order valence-corrected chi connectivity index (χ3v) is 1.82. The normalized spacial score (nSPS) is 10.4. The molecule has 1 aromatic carbocycles. The summed E-state index contributed by atoms with van der Waals surface area (Å²) in [4.78, 5) is 0. The minimum absolute atomic E-state index is 0.948. The fourth-order valence-corrected chi connectivity index (χ4v) is 1.26. The van der Waals surface area contributed by atoms with Gasteiger partial charge in [0.25, 0.3) is 0 Å². The molecule has 0 bridgehead atoms. The molecule has 0 saturated heterocycles. The third kappa shape index (κ3) is 1.13. The van der Waals surface area contributed by atoms with Crippen molar-refractivity contribution in [3.63, 3.8) is 0 Å². The monoisotopic (exact) mass is 161 g/mol. The molecule has 0 aliphatic heterocycles. The topological polar surface area (TPSA) is 40.7 Å². The lowest BCUT2D eigenvalue weighted by Gasteiger charge is -2.01. The average Bonchev–Trinajstić information content (AvgIpc) is 2.51. The van der Waals surface area contributed by atoms with Gasteiger partial charge in [0.15, 0.2) is 0 Å². The van der Waals surface area contributed by atoms with Crippen molar-refractivity contribution in [2.75, 3.05) is 11.9 Å². The Kier molecular flexibility index (Phi) is 1.70. The number of nitrogens with zero attached hydrogens (tertiary/aromatic N) is 1. The second-order valence-electron chi connectivity index (χ2n) is 2.70. The molecule has 0 unspecified atom stereocenters. The van der Waals surface area contributed by atoms with Crippen LogP contribution < -0.4 is 5.32 Å². The number of anilines is 1. The van der Waals surface area contributed by atoms with Crippen LogP contribution in [0.3, 0.4) is 0 Å². The molecule has 0 aliphatic rings. The number of H-pyrrole nitrogens is 1. The SMILES string of the molecule is CCNc1ccc2[nH]ncc2c1. The van der Waals surface area contributed by atoms with Gasteiger partial charge in [0.2, 0.25) is 0 Å². The number of benzene rings is 1. The molecule has 0 aliphatic carbocycles. The van der Waals surface area contributed by atoms with Gasteiger partial charge in [-0.1, -0.05) is 0 Å². The highest BCUT2D eigenvalue weighted by atomic mass is 15.1. The van der Waals surface area contributed by atoms with Gasteiger partial charge in [0.1, 0.15) is 0 Å². The van der Waals surface area contributed by atoms with Crippen molar-refractivity contribution in [2.45, 2.75) is 6.92 Å². The van der Waals surface area contributed by atoms with Crippen LogP contribution in [-0.2, 0) is 0 Å². The predicted molar refractivity (Wildman–Crippen MR) is 50.3 cm³/mol. The van der Waals surface area contributed by atoms with Gasteiger partial charge >= 0.3 is 0 Å². The molecule has 0 saturated carbocycles. The van der Waals surface area contributed by atoms with Crippen molar-refractivity contribution in [3.05, 3.63) is 24.4 Å². The summed E-state index contributed by atoms with van der Waals surface area (Å²) < 4.78 is 0. The van der Waals surface area contributed by atoms with E-state index in [9.17, 15) is 0 Å². The summed E-state index contributed by atoms with van der Waals surface area (Å²) >= 11 is 0. The number of hydrogen-bond donors (Lipinski definition) is 2. The van der Waals surface area contributed by atoms with Crippen LogP contribution in [0.15, 0.2) is 24.4 Å². The Labute approximate surface area is 70.8 Å². The fraction of sp³-hybridized carbons (Fsp3) is 0.222. The number of nitrogens with one attached hydrogen (secondary N) is 2. The second-order valence-corrected chi connectivity index (χ2v) is 2.70. The quantitative estimate of drug-likeness (QED) is 0.707. The molecule has 2 N–H and O–H groups in total. The van der Waals surface area contributed by atoms with E-state index < -0.39 is 0 Å². The Bertz CT molecular complexity index is 378. The number of rotatable bonds is 2. The van der Waals surface area contributed by atoms with E-state index in [1.165, 1.54) is 0 Å². The number of hydrogen-bond acceptors (Lipinski definition) is 2. The van der Waals surface area contributed by atoms with E-state index in [2.05, 4.69) is 28.5 Å². The maximum Gasteiger partial charge on any atom is 0.0651 e. The largest absolute Gasteiger partial charge is 0.385 e. The van der Waals surface area contributed by atoms with Crippen LogP contribution in [-0.4, -0.2) is 16.7 Å². The molecule has 12 heavy (non-hydrogen) atoms. The second kappa shape index (κ2) is 2.85. The number of aromatic nitrogens is 2. The highest BCUT2D eigenvalue weighted by Gasteiger charge is 1.95. The molecular weight excluding hydrogens is 150 g/mol. The molecule has 1 aromatic heterocycles. The van der Waals surface area contributed by atoms with E-state index in [-0.39, 0.29) is 0 Å². The molecule has 1 heterocycles. The molecule has 0 atom stereocenters. The predicted octanol–water partition coefficient (Wildman–Crippen LogP) is 1.99. The molecule has 3 heteroatoms. The molecule has 0 spiro atoms. The minimum atomic E-state index is 0.948. The minimum Gasteiger partial charge on any atom is -0.385 e. The highest BCUT2D eigenvalue weighted by molar-refractivity contribution is 5.81. The third-order valence-electron chi connectivity index (χ3n) is 1.82. The van der Waals surface area contributed by atoms with Crippen molar-refractivity contribution >= 4 is 16.6 Å². The van der Waals surface area contributed by atoms with Gasteiger partial charge in [-0.3, -0.25) is 5.10 Å². The Balaban J connectivity index is 2.46. The summed E-state index contributed by atoms with van der Waals surface area (Å²) in [6.07, 6.45) is 1.83. The molecular formula is C9H11N3. The van der Waals surface area contributed by atoms with Gasteiger partial charge in [-0.05, 0) is 25.1 Å². The van der Waals surface area contributed by atoms with Crippen LogP contribution in [0.2, 0.25) is 0 Å². The standard InChI is InChI=1S/C9H11N3/c1-2-10-8-3-4-9-7(5-8)6-11-12-9/h3-6,10H,2H2,1H3,(H,11,12). The van der Waals surface area contributed by atoms with E-state index in [0.717, 1.165) is 23.1 Å². The lowest BCUT2D eigenvalue weighted by Crippen LogP contribution is -1.95. The average molecular weight is 161 g/mol. The molecule has 0 fully saturated rings. The lowest BCUT2D eigenvalue weighted by atomic mass is 10.2. The van der Waals surface area contributed by atoms with Gasteiger partial charge in [-0.15, -0.1) is 0 Å². The summed E-state index contributed by atoms with van der Waals surface area (Å²) in [7, 11) is 0. The van der Waals surface area contributed by atoms with Gasteiger partial charge in [-0.2, -0.15) is 5.10 Å². The zero-order valence-electron chi connectivity index (χ0n) is 6.96. The first kappa shape index (κ1) is 7.16. The van der Waals surface area contributed by atoms with Crippen molar-refractivity contribution in [3.8, 4) is 0 Å². The Morgan fingerprint density at radius 2 is 2.42 bits per heavy atom. The Hall–Kier alpha value is -1.51. The maximum absolute atomic E-state index is 3.95. The lowest BCUT2D eigenvalue weighted by molar-refractivity contribution is 1.12. The van der Waals surface area contributed by atoms with Gasteiger partial charge in [0.05, 0.1) is 11.7 Å². The smallest absolute Gasteiger partial charge is 0.0651 e. The number of aromatic amines is 1. The van der Waals surface area contributed by atoms with Crippen molar-refractivity contribution in [1.29, 1.82) is 0 Å². The molecule has 62 valence electrons. The van der Waals surface area contributed by atoms with E-state index in [1.54, 1.807) is 0 Å². The Morgan fingerprint density at radius 1 is 1.50 bits per heavy atom. The fourth-order valence-electron chi connectivity index (χ4n) is 1.26. The van der Waals surface area contributed by atoms with Gasteiger partial charge in [0, 0.05) is 17.6 Å². The maximum atomic E-state index is 3.95. The van der Waals surface area contributed by atoms with E-state index in [4.69, 9.17) is 0 Å². The van der Waals surface area contributed by atoms with Crippen molar-refractivity contribution in [1.82, 2.24) is 10.2 Å². The van der Waals surface area contributed by atoms with E-state index >= 15 is 0 Å². The van der Waals surface area contributed by atoms with Crippen LogP contribution in [0.5, 0.6) is 0 Å². The first-order chi connectivity index (χ1) is 5.90. The number of fused-ring (bicyclic) bond motifs is 1. The summed E-state index contributed by atoms with van der Waals surface area (Å²) in [5, 5.41) is 11.3. The molecule has 2 rings (SSSR count). The zero-order valence-corrected chi connectivity index (χ0v) is 6.96. The van der Waals surface area contributed by atoms with Crippen LogP contribution >= 0.6 is 0 Å². The van der Waals surface area contributed by atoms with Gasteiger partial charge in [-0.25, -0.2) is 0 Å². The highest BCUT2D eigenvalue weighted by Crippen LogP contribution is 2.15. The van der Waals surface area contributed by atoms with Gasteiger partial charge < -0.3 is 5.32 Å². The first-order valence-electron chi connectivity index (χ1n) is 4.07. The molecule has 2 aromatic rings. The summed E-state index contributed by atoms with van der Waals surface area (Å²) in [6.45, 7) is 3.03. The molecule has 3 nitrogen and oxygen atoms in total. The van der Waals surface area contributed by atoms with Crippen LogP contribution in [0.4, 0.5) is 5.69 Å². The van der Waals surface area contributed by atoms with Crippen LogP contribution in [0.1, 0.15) is 6.92 Å². The van der Waals surface area contributed by atoms with Crippen molar-refractivity contribution < 1.29 is 0 Å². The summed E-state index contributed by atoms with van der Waals surface area (Å²) in [6, 6.07) is 6.16. The Morgan fingerprint density at radius 3 is 3.25 bits per heavy atom. The van der Waals surface area contributed by atoms with Crippen LogP contribution in [0, 0.1) is 0 Å². The zero-order chi connectivity index (χ0) is 8.39. The van der Waals surface area contributed by atoms with Crippen LogP contribution in [0.25, 0.3) is 10.9 Å². The molecule has 0 amide bonds. The first-order valence-corrected chi connectivity index (χ1v) is 4.07. The van der Waals surface area contributed by atoms with Crippen molar-refractivity contribution in [2.24, 2.45) is 0 Å². The summed E-state index contributed by atoms with van der Waals surface area (Å²) in [5.41, 5.74) is 2.23. The molecule has 0 radical (unpaired) electrons. The van der Waals surface area contributed by atoms with E-state index in [0.29, 0.717) is 0 Å².